The van der Waals surface area contributed by atoms with E-state index in [9.17, 15) is 4.79 Å². The minimum atomic E-state index is -0.0706. The zero-order chi connectivity index (χ0) is 20.8. The first-order valence-corrected chi connectivity index (χ1v) is 11.8. The van der Waals surface area contributed by atoms with Crippen molar-refractivity contribution in [2.45, 2.75) is 84.2 Å². The number of methoxy groups -OCH3 is 2. The monoisotopic (exact) mass is 400 g/mol. The van der Waals surface area contributed by atoms with E-state index in [1.165, 1.54) is 64.0 Å². The van der Waals surface area contributed by atoms with Crippen molar-refractivity contribution in [3.8, 4) is 0 Å². The van der Waals surface area contributed by atoms with Gasteiger partial charge in [0.15, 0.2) is 0 Å². The van der Waals surface area contributed by atoms with E-state index < -0.39 is 0 Å². The van der Waals surface area contributed by atoms with Gasteiger partial charge in [0.1, 0.15) is 0 Å². The fourth-order valence-corrected chi connectivity index (χ4v) is 7.76. The lowest BCUT2D eigenvalue weighted by atomic mass is 9.60. The molecule has 4 unspecified atom stereocenters. The van der Waals surface area contributed by atoms with Crippen molar-refractivity contribution in [1.82, 2.24) is 0 Å². The van der Waals surface area contributed by atoms with Gasteiger partial charge in [0.25, 0.3) is 0 Å². The molecule has 0 aliphatic heterocycles. The molecule has 0 aromatic heterocycles. The minimum Gasteiger partial charge on any atom is -0.469 e. The Morgan fingerprint density at radius 1 is 1.28 bits per heavy atom. The van der Waals surface area contributed by atoms with Crippen molar-refractivity contribution in [1.29, 1.82) is 0 Å². The Bertz CT molecular complexity index is 694. The predicted molar refractivity (Wildman–Crippen MR) is 116 cm³/mol. The van der Waals surface area contributed by atoms with Gasteiger partial charge in [-0.25, -0.2) is 0 Å². The van der Waals surface area contributed by atoms with Crippen molar-refractivity contribution in [2.75, 3.05) is 14.2 Å². The van der Waals surface area contributed by atoms with Crippen LogP contribution in [0.1, 0.15) is 78.1 Å². The normalized spacial score (nSPS) is 41.7. The summed E-state index contributed by atoms with van der Waals surface area (Å²) in [7, 11) is 3.39. The average Bonchev–Trinajstić information content (AvgIpc) is 3.21. The summed E-state index contributed by atoms with van der Waals surface area (Å²) in [5.41, 5.74) is 3.71. The van der Waals surface area contributed by atoms with Crippen molar-refractivity contribution < 1.29 is 14.3 Å². The van der Waals surface area contributed by atoms with Crippen molar-refractivity contribution in [3.63, 3.8) is 0 Å². The highest BCUT2D eigenvalue weighted by Gasteiger charge is 2.63. The second-order valence-corrected chi connectivity index (χ2v) is 10.7. The summed E-state index contributed by atoms with van der Waals surface area (Å²) in [6.45, 7) is 9.31. The molecule has 7 atom stereocenters. The molecule has 29 heavy (non-hydrogen) atoms. The van der Waals surface area contributed by atoms with Gasteiger partial charge in [-0.15, -0.1) is 0 Å². The highest BCUT2D eigenvalue weighted by molar-refractivity contribution is 5.69. The second kappa shape index (κ2) is 7.87. The quantitative estimate of drug-likeness (QED) is 0.383. The van der Waals surface area contributed by atoms with Gasteiger partial charge in [-0.1, -0.05) is 37.6 Å². The van der Waals surface area contributed by atoms with Gasteiger partial charge >= 0.3 is 5.97 Å². The lowest BCUT2D eigenvalue weighted by Crippen LogP contribution is -2.37. The van der Waals surface area contributed by atoms with Crippen LogP contribution in [0.4, 0.5) is 0 Å². The van der Waals surface area contributed by atoms with Crippen LogP contribution < -0.4 is 0 Å². The summed E-state index contributed by atoms with van der Waals surface area (Å²) in [4.78, 5) is 11.6. The molecule has 0 heterocycles. The Labute approximate surface area is 177 Å². The number of fused-ring (bicyclic) bond motifs is 2. The average molecular weight is 401 g/mol. The van der Waals surface area contributed by atoms with Crippen LogP contribution >= 0.6 is 0 Å². The van der Waals surface area contributed by atoms with E-state index in [4.69, 9.17) is 9.47 Å². The van der Waals surface area contributed by atoms with Gasteiger partial charge in [-0.05, 0) is 86.9 Å². The summed E-state index contributed by atoms with van der Waals surface area (Å²) in [6, 6.07) is 0. The number of hydrogen-bond donors (Lipinski definition) is 0. The summed E-state index contributed by atoms with van der Waals surface area (Å²) in [6.07, 6.45) is 14.5. The summed E-state index contributed by atoms with van der Waals surface area (Å²) < 4.78 is 11.0. The van der Waals surface area contributed by atoms with Gasteiger partial charge in [-0.2, -0.15) is 0 Å². The van der Waals surface area contributed by atoms with Crippen molar-refractivity contribution in [2.24, 2.45) is 34.5 Å². The number of carbonyl (C=O) groups excluding carboxylic acids is 1. The zero-order valence-electron chi connectivity index (χ0n) is 19.0. The van der Waals surface area contributed by atoms with Gasteiger partial charge in [0, 0.05) is 18.9 Å². The highest BCUT2D eigenvalue weighted by Crippen LogP contribution is 2.69. The molecule has 0 amide bonds. The molecule has 0 spiro atoms. The summed E-state index contributed by atoms with van der Waals surface area (Å²) >= 11 is 0. The number of rotatable bonds is 7. The van der Waals surface area contributed by atoms with E-state index in [2.05, 4.69) is 26.5 Å². The molecule has 3 heteroatoms. The van der Waals surface area contributed by atoms with Crippen LogP contribution in [0.5, 0.6) is 0 Å². The third-order valence-electron chi connectivity index (χ3n) is 9.49. The molecular formula is C26H40O3. The topological polar surface area (TPSA) is 35.5 Å². The fraction of sp³-hybridized carbons (Fsp3) is 0.808. The molecule has 0 aromatic carbocycles. The molecule has 0 bridgehead atoms. The third kappa shape index (κ3) is 3.42. The Morgan fingerprint density at radius 3 is 2.69 bits per heavy atom. The Hall–Kier alpha value is -1.09. The standard InChI is InChI=1S/C26H40O3/c1-17(8-13-24(27)29-5)21-11-12-22-19(7-6-14-25(21,22)3)15-23(28-4)26-16-20(26)10-9-18(26)2/h15,17,20-23H,2,6-14,16H2,1,3-5H3/t17-,20?,21-,22?,23?,25-,26?/m1/s1. The third-order valence-corrected chi connectivity index (χ3v) is 9.49. The van der Waals surface area contributed by atoms with Crippen LogP contribution in [0.2, 0.25) is 0 Å². The minimum absolute atomic E-state index is 0.0706. The predicted octanol–water partition coefficient (Wildman–Crippen LogP) is 6.09. The van der Waals surface area contributed by atoms with Crippen molar-refractivity contribution in [3.05, 3.63) is 23.8 Å². The highest BCUT2D eigenvalue weighted by atomic mass is 16.5. The van der Waals surface area contributed by atoms with E-state index in [1.807, 2.05) is 7.11 Å². The number of esters is 1. The van der Waals surface area contributed by atoms with E-state index in [0.717, 1.165) is 12.3 Å². The molecule has 0 aromatic rings. The molecule has 3 nitrogen and oxygen atoms in total. The molecule has 162 valence electrons. The first-order valence-electron chi connectivity index (χ1n) is 11.8. The molecule has 4 aliphatic carbocycles. The maximum Gasteiger partial charge on any atom is 0.305 e. The number of ether oxygens (including phenoxy) is 2. The summed E-state index contributed by atoms with van der Waals surface area (Å²) in [5.74, 6) is 2.70. The number of carbonyl (C=O) groups is 1. The van der Waals surface area contributed by atoms with Gasteiger partial charge < -0.3 is 9.47 Å². The smallest absolute Gasteiger partial charge is 0.305 e. The first kappa shape index (κ1) is 21.2. The van der Waals surface area contributed by atoms with Crippen LogP contribution in [0.15, 0.2) is 23.8 Å². The lowest BCUT2D eigenvalue weighted by Gasteiger charge is -2.45. The fourth-order valence-electron chi connectivity index (χ4n) is 7.76. The Kier molecular flexibility index (Phi) is 5.74. The van der Waals surface area contributed by atoms with Gasteiger partial charge in [0.2, 0.25) is 0 Å². The number of hydrogen-bond acceptors (Lipinski definition) is 3. The molecule has 4 fully saturated rings. The lowest BCUT2D eigenvalue weighted by molar-refractivity contribution is -0.141. The largest absolute Gasteiger partial charge is 0.469 e. The van der Waals surface area contributed by atoms with E-state index in [-0.39, 0.29) is 17.5 Å². The van der Waals surface area contributed by atoms with Crippen LogP contribution in [0.25, 0.3) is 0 Å². The van der Waals surface area contributed by atoms with Gasteiger partial charge in [0.05, 0.1) is 13.2 Å². The molecule has 4 rings (SSSR count). The molecule has 0 radical (unpaired) electrons. The molecule has 4 saturated carbocycles. The second-order valence-electron chi connectivity index (χ2n) is 10.7. The summed E-state index contributed by atoms with van der Waals surface area (Å²) in [5, 5.41) is 0. The molecule has 0 N–H and O–H groups in total. The molecule has 4 aliphatic rings. The zero-order valence-corrected chi connectivity index (χ0v) is 19.0. The molecular weight excluding hydrogens is 360 g/mol. The van der Waals surface area contributed by atoms with Crippen LogP contribution in [-0.2, 0) is 14.3 Å². The maximum absolute atomic E-state index is 11.6. The molecule has 0 saturated heterocycles. The van der Waals surface area contributed by atoms with Crippen molar-refractivity contribution >= 4 is 5.97 Å². The Balaban J connectivity index is 1.51. The maximum atomic E-state index is 11.6. The Morgan fingerprint density at radius 2 is 2.07 bits per heavy atom. The van der Waals surface area contributed by atoms with Crippen LogP contribution in [0, 0.1) is 34.5 Å². The van der Waals surface area contributed by atoms with E-state index in [0.29, 0.717) is 29.6 Å². The van der Waals surface area contributed by atoms with E-state index >= 15 is 0 Å². The van der Waals surface area contributed by atoms with Crippen LogP contribution in [-0.4, -0.2) is 26.3 Å². The van der Waals surface area contributed by atoms with E-state index in [1.54, 1.807) is 5.57 Å². The van der Waals surface area contributed by atoms with Crippen LogP contribution in [0.3, 0.4) is 0 Å². The van der Waals surface area contributed by atoms with Gasteiger partial charge in [-0.3, -0.25) is 4.79 Å². The number of allylic oxidation sites excluding steroid dienone is 1. The first-order chi connectivity index (χ1) is 13.9. The SMILES string of the molecule is C=C1CCC2CC12C(C=C1CCC[C@@]2(C)C1CC[C@@H]2[C@H](C)CCC(=O)OC)OC.